The fourth-order valence-electron chi connectivity index (χ4n) is 2.35. The number of piperidine rings is 1. The van der Waals surface area contributed by atoms with E-state index in [0.717, 1.165) is 19.4 Å². The Morgan fingerprint density at radius 1 is 1.61 bits per heavy atom. The summed E-state index contributed by atoms with van der Waals surface area (Å²) in [7, 11) is 0. The Balaban J connectivity index is 2.46. The van der Waals surface area contributed by atoms with E-state index in [1.165, 1.54) is 0 Å². The van der Waals surface area contributed by atoms with Crippen LogP contribution < -0.4 is 5.32 Å². The molecule has 0 aromatic rings. The molecule has 0 spiro atoms. The third-order valence-corrected chi connectivity index (χ3v) is 3.36. The predicted molar refractivity (Wildman–Crippen MR) is 69.2 cm³/mol. The van der Waals surface area contributed by atoms with Gasteiger partial charge in [0.1, 0.15) is 0 Å². The van der Waals surface area contributed by atoms with Gasteiger partial charge in [0.15, 0.2) is 0 Å². The molecule has 1 aliphatic rings. The van der Waals surface area contributed by atoms with Gasteiger partial charge in [-0.05, 0) is 32.2 Å². The van der Waals surface area contributed by atoms with E-state index in [4.69, 9.17) is 5.11 Å². The van der Waals surface area contributed by atoms with E-state index in [2.05, 4.69) is 16.8 Å². The summed E-state index contributed by atoms with van der Waals surface area (Å²) in [5.74, 6) is -0.623. The minimum absolute atomic E-state index is 0.0223. The quantitative estimate of drug-likeness (QED) is 0.690. The van der Waals surface area contributed by atoms with Crippen LogP contribution in [0.25, 0.3) is 0 Å². The van der Waals surface area contributed by atoms with Gasteiger partial charge in [0.25, 0.3) is 0 Å². The number of carbonyl (C=O) groups excluding carboxylic acids is 1. The highest BCUT2D eigenvalue weighted by molar-refractivity contribution is 5.81. The number of nitrogens with zero attached hydrogens (tertiary/aromatic N) is 1. The monoisotopic (exact) mass is 254 g/mol. The highest BCUT2D eigenvalue weighted by atomic mass is 16.4. The SMILES string of the molecule is C=CCNC(=O)C(C)N1CCCC(CC(=O)O)C1. The van der Waals surface area contributed by atoms with Gasteiger partial charge in [-0.2, -0.15) is 0 Å². The van der Waals surface area contributed by atoms with Gasteiger partial charge in [0, 0.05) is 19.5 Å². The number of nitrogens with one attached hydrogen (secondary N) is 1. The zero-order valence-corrected chi connectivity index (χ0v) is 10.9. The molecule has 1 fully saturated rings. The number of carboxylic acids is 1. The molecule has 1 aliphatic heterocycles. The molecule has 2 unspecified atom stereocenters. The molecule has 5 heteroatoms. The molecule has 0 bridgehead atoms. The largest absolute Gasteiger partial charge is 0.481 e. The van der Waals surface area contributed by atoms with Crippen molar-refractivity contribution in [3.8, 4) is 0 Å². The molecule has 5 nitrogen and oxygen atoms in total. The molecule has 2 N–H and O–H groups in total. The lowest BCUT2D eigenvalue weighted by Gasteiger charge is -2.35. The molecule has 2 atom stereocenters. The summed E-state index contributed by atoms with van der Waals surface area (Å²) < 4.78 is 0. The van der Waals surface area contributed by atoms with E-state index in [-0.39, 0.29) is 24.3 Å². The van der Waals surface area contributed by atoms with Crippen molar-refractivity contribution in [2.75, 3.05) is 19.6 Å². The maximum atomic E-state index is 11.8. The molecule has 1 rings (SSSR count). The molecular formula is C13H22N2O3. The number of rotatable bonds is 6. The number of carbonyl (C=O) groups is 2. The Hall–Kier alpha value is -1.36. The summed E-state index contributed by atoms with van der Waals surface area (Å²) in [6, 6.07) is -0.207. The Kier molecular flexibility index (Phi) is 5.85. The number of hydrogen-bond acceptors (Lipinski definition) is 3. The third kappa shape index (κ3) is 4.49. The first-order valence-corrected chi connectivity index (χ1v) is 6.39. The number of likely N-dealkylation sites (tertiary alicyclic amines) is 1. The van der Waals surface area contributed by atoms with E-state index in [0.29, 0.717) is 13.1 Å². The Morgan fingerprint density at radius 2 is 2.33 bits per heavy atom. The second kappa shape index (κ2) is 7.16. The summed E-state index contributed by atoms with van der Waals surface area (Å²) in [5, 5.41) is 11.6. The van der Waals surface area contributed by atoms with Gasteiger partial charge in [-0.25, -0.2) is 0 Å². The van der Waals surface area contributed by atoms with E-state index >= 15 is 0 Å². The average molecular weight is 254 g/mol. The van der Waals surface area contributed by atoms with Crippen molar-refractivity contribution in [2.45, 2.75) is 32.2 Å². The van der Waals surface area contributed by atoms with Crippen LogP contribution in [0.2, 0.25) is 0 Å². The molecule has 102 valence electrons. The van der Waals surface area contributed by atoms with Crippen LogP contribution in [0.4, 0.5) is 0 Å². The summed E-state index contributed by atoms with van der Waals surface area (Å²) in [6.45, 7) is 7.44. The van der Waals surface area contributed by atoms with Crippen molar-refractivity contribution >= 4 is 11.9 Å². The van der Waals surface area contributed by atoms with E-state index < -0.39 is 5.97 Å². The average Bonchev–Trinajstić information content (AvgIpc) is 2.34. The highest BCUT2D eigenvalue weighted by Gasteiger charge is 2.28. The molecule has 1 amide bonds. The summed E-state index contributed by atoms with van der Waals surface area (Å²) in [5.41, 5.74) is 0. The van der Waals surface area contributed by atoms with Crippen LogP contribution in [-0.4, -0.2) is 47.6 Å². The molecule has 0 radical (unpaired) electrons. The van der Waals surface area contributed by atoms with Gasteiger partial charge in [-0.15, -0.1) is 6.58 Å². The first-order chi connectivity index (χ1) is 8.54. The first-order valence-electron chi connectivity index (χ1n) is 6.39. The maximum absolute atomic E-state index is 11.8. The second-order valence-electron chi connectivity index (χ2n) is 4.81. The number of amides is 1. The minimum Gasteiger partial charge on any atom is -0.481 e. The lowest BCUT2D eigenvalue weighted by atomic mass is 9.94. The van der Waals surface area contributed by atoms with Crippen LogP contribution in [0.5, 0.6) is 0 Å². The minimum atomic E-state index is -0.759. The van der Waals surface area contributed by atoms with Gasteiger partial charge in [0.2, 0.25) is 5.91 Å². The standard InChI is InChI=1S/C13H22N2O3/c1-3-6-14-13(18)10(2)15-7-4-5-11(9-15)8-12(16)17/h3,10-11H,1,4-9H2,2H3,(H,14,18)(H,16,17). The molecule has 18 heavy (non-hydrogen) atoms. The molecule has 0 saturated carbocycles. The van der Waals surface area contributed by atoms with E-state index in [1.807, 2.05) is 6.92 Å². The second-order valence-corrected chi connectivity index (χ2v) is 4.81. The van der Waals surface area contributed by atoms with Crippen LogP contribution in [0.3, 0.4) is 0 Å². The van der Waals surface area contributed by atoms with Crippen LogP contribution in [0.1, 0.15) is 26.2 Å². The summed E-state index contributed by atoms with van der Waals surface area (Å²) >= 11 is 0. The molecule has 1 heterocycles. The van der Waals surface area contributed by atoms with E-state index in [9.17, 15) is 9.59 Å². The molecule has 0 aromatic heterocycles. The van der Waals surface area contributed by atoms with Gasteiger partial charge in [-0.3, -0.25) is 14.5 Å². The zero-order valence-electron chi connectivity index (χ0n) is 10.9. The zero-order chi connectivity index (χ0) is 13.5. The topological polar surface area (TPSA) is 69.6 Å². The molecule has 0 aromatic carbocycles. The van der Waals surface area contributed by atoms with Gasteiger partial charge in [-0.1, -0.05) is 6.08 Å². The van der Waals surface area contributed by atoms with Crippen molar-refractivity contribution in [1.29, 1.82) is 0 Å². The number of carboxylic acid groups (broad SMARTS) is 1. The van der Waals surface area contributed by atoms with Crippen molar-refractivity contribution in [1.82, 2.24) is 10.2 Å². The van der Waals surface area contributed by atoms with Gasteiger partial charge >= 0.3 is 5.97 Å². The third-order valence-electron chi connectivity index (χ3n) is 3.36. The molecule has 0 aliphatic carbocycles. The van der Waals surface area contributed by atoms with Crippen molar-refractivity contribution in [3.63, 3.8) is 0 Å². The Labute approximate surface area is 108 Å². The number of hydrogen-bond donors (Lipinski definition) is 2. The Bertz CT molecular complexity index is 317. The van der Waals surface area contributed by atoms with E-state index in [1.54, 1.807) is 6.08 Å². The van der Waals surface area contributed by atoms with Crippen LogP contribution >= 0.6 is 0 Å². The smallest absolute Gasteiger partial charge is 0.303 e. The van der Waals surface area contributed by atoms with Crippen LogP contribution in [0.15, 0.2) is 12.7 Å². The first kappa shape index (κ1) is 14.7. The molecule has 1 saturated heterocycles. The lowest BCUT2D eigenvalue weighted by molar-refractivity contribution is -0.138. The molecular weight excluding hydrogens is 232 g/mol. The maximum Gasteiger partial charge on any atom is 0.303 e. The summed E-state index contributed by atoms with van der Waals surface area (Å²) in [6.07, 6.45) is 3.73. The fraction of sp³-hybridized carbons (Fsp3) is 0.692. The lowest BCUT2D eigenvalue weighted by Crippen LogP contribution is -2.49. The number of aliphatic carboxylic acids is 1. The van der Waals surface area contributed by atoms with Crippen LogP contribution in [-0.2, 0) is 9.59 Å². The Morgan fingerprint density at radius 3 is 2.94 bits per heavy atom. The van der Waals surface area contributed by atoms with Gasteiger partial charge in [0.05, 0.1) is 6.04 Å². The van der Waals surface area contributed by atoms with Crippen molar-refractivity contribution < 1.29 is 14.7 Å². The van der Waals surface area contributed by atoms with Gasteiger partial charge < -0.3 is 10.4 Å². The van der Waals surface area contributed by atoms with Crippen LogP contribution in [0, 0.1) is 5.92 Å². The predicted octanol–water partition coefficient (Wildman–Crippen LogP) is 0.864. The highest BCUT2D eigenvalue weighted by Crippen LogP contribution is 2.21. The summed E-state index contributed by atoms with van der Waals surface area (Å²) in [4.78, 5) is 24.6. The van der Waals surface area contributed by atoms with Crippen molar-refractivity contribution in [2.24, 2.45) is 5.92 Å². The van der Waals surface area contributed by atoms with Crippen molar-refractivity contribution in [3.05, 3.63) is 12.7 Å². The normalized spacial score (nSPS) is 22.2. The fourth-order valence-corrected chi connectivity index (χ4v) is 2.35.